The second-order valence-corrected chi connectivity index (χ2v) is 3.41. The summed E-state index contributed by atoms with van der Waals surface area (Å²) >= 11 is 0. The molecule has 3 heteroatoms. The van der Waals surface area contributed by atoms with Crippen molar-refractivity contribution >= 4 is 5.91 Å². The van der Waals surface area contributed by atoms with Crippen LogP contribution >= 0.6 is 0 Å². The average Bonchev–Trinajstić information content (AvgIpc) is 1.98. The third-order valence-electron chi connectivity index (χ3n) is 1.64. The van der Waals surface area contributed by atoms with Crippen LogP contribution in [0, 0.1) is 5.92 Å². The van der Waals surface area contributed by atoms with Gasteiger partial charge in [0.2, 0.25) is 5.91 Å². The Balaban J connectivity index is 3.61. The van der Waals surface area contributed by atoms with E-state index in [2.05, 4.69) is 0 Å². The topological polar surface area (TPSA) is 29.5 Å². The first-order chi connectivity index (χ1) is 5.57. The summed E-state index contributed by atoms with van der Waals surface area (Å²) in [5.41, 5.74) is 0. The lowest BCUT2D eigenvalue weighted by Crippen LogP contribution is -2.30. The largest absolute Gasteiger partial charge is 0.383 e. The first-order valence-corrected chi connectivity index (χ1v) is 4.30. The molecule has 0 heterocycles. The molecule has 0 bridgehead atoms. The zero-order chi connectivity index (χ0) is 9.56. The number of carbonyl (C=O) groups is 1. The molecule has 12 heavy (non-hydrogen) atoms. The van der Waals surface area contributed by atoms with Crippen molar-refractivity contribution in [3.8, 4) is 0 Å². The van der Waals surface area contributed by atoms with Gasteiger partial charge in [-0.1, -0.05) is 13.8 Å². The highest BCUT2D eigenvalue weighted by Gasteiger charge is 2.09. The molecular formula is C9H19NO2. The predicted molar refractivity (Wildman–Crippen MR) is 49.0 cm³/mol. The van der Waals surface area contributed by atoms with Crippen LogP contribution in [0.1, 0.15) is 20.3 Å². The molecule has 3 nitrogen and oxygen atoms in total. The fourth-order valence-corrected chi connectivity index (χ4v) is 0.858. The minimum Gasteiger partial charge on any atom is -0.383 e. The quantitative estimate of drug-likeness (QED) is 0.624. The summed E-state index contributed by atoms with van der Waals surface area (Å²) in [5.74, 6) is 0.629. The van der Waals surface area contributed by atoms with Crippen LogP contribution in [0.5, 0.6) is 0 Å². The van der Waals surface area contributed by atoms with Crippen LogP contribution < -0.4 is 0 Å². The molecule has 0 aliphatic rings. The Morgan fingerprint density at radius 1 is 1.50 bits per heavy atom. The van der Waals surface area contributed by atoms with E-state index in [1.165, 1.54) is 0 Å². The molecular weight excluding hydrogens is 154 g/mol. The van der Waals surface area contributed by atoms with Crippen molar-refractivity contribution in [1.82, 2.24) is 4.90 Å². The van der Waals surface area contributed by atoms with E-state index in [0.29, 0.717) is 25.5 Å². The molecule has 0 aromatic heterocycles. The van der Waals surface area contributed by atoms with Gasteiger partial charge in [0, 0.05) is 27.1 Å². The fraction of sp³-hybridized carbons (Fsp3) is 0.889. The number of rotatable bonds is 5. The standard InChI is InChI=1S/C9H19NO2/c1-8(2)7-9(11)10(3)5-6-12-4/h8H,5-7H2,1-4H3. The molecule has 0 radical (unpaired) electrons. The lowest BCUT2D eigenvalue weighted by molar-refractivity contribution is -0.131. The summed E-state index contributed by atoms with van der Waals surface area (Å²) in [6.07, 6.45) is 0.625. The van der Waals surface area contributed by atoms with Crippen LogP contribution in [0.15, 0.2) is 0 Å². The van der Waals surface area contributed by atoms with Gasteiger partial charge in [-0.2, -0.15) is 0 Å². The number of amides is 1. The summed E-state index contributed by atoms with van der Waals surface area (Å²) in [6.45, 7) is 5.38. The Labute approximate surface area is 74.7 Å². The van der Waals surface area contributed by atoms with Crippen molar-refractivity contribution in [2.45, 2.75) is 20.3 Å². The average molecular weight is 173 g/mol. The second-order valence-electron chi connectivity index (χ2n) is 3.41. The second kappa shape index (κ2) is 6.00. The van der Waals surface area contributed by atoms with Crippen molar-refractivity contribution < 1.29 is 9.53 Å². The van der Waals surface area contributed by atoms with Crippen LogP contribution in [0.2, 0.25) is 0 Å². The van der Waals surface area contributed by atoms with Crippen LogP contribution in [-0.4, -0.2) is 38.1 Å². The molecule has 1 amide bonds. The number of nitrogens with zero attached hydrogens (tertiary/aromatic N) is 1. The van der Waals surface area contributed by atoms with Gasteiger partial charge < -0.3 is 9.64 Å². The van der Waals surface area contributed by atoms with Gasteiger partial charge in [-0.15, -0.1) is 0 Å². The first-order valence-electron chi connectivity index (χ1n) is 4.30. The van der Waals surface area contributed by atoms with Gasteiger partial charge in [-0.25, -0.2) is 0 Å². The molecule has 0 aliphatic heterocycles. The normalized spacial score (nSPS) is 10.4. The van der Waals surface area contributed by atoms with Crippen molar-refractivity contribution in [1.29, 1.82) is 0 Å². The summed E-state index contributed by atoms with van der Waals surface area (Å²) in [5, 5.41) is 0. The SMILES string of the molecule is COCCN(C)C(=O)CC(C)C. The smallest absolute Gasteiger partial charge is 0.222 e. The lowest BCUT2D eigenvalue weighted by Gasteiger charge is -2.17. The van der Waals surface area contributed by atoms with Gasteiger partial charge in [0.1, 0.15) is 0 Å². The predicted octanol–water partition coefficient (Wildman–Crippen LogP) is 1.14. The minimum absolute atomic E-state index is 0.196. The van der Waals surface area contributed by atoms with E-state index < -0.39 is 0 Å². The van der Waals surface area contributed by atoms with Crippen molar-refractivity contribution in [2.24, 2.45) is 5.92 Å². The molecule has 0 aromatic rings. The molecule has 0 N–H and O–H groups in total. The number of carbonyl (C=O) groups excluding carboxylic acids is 1. The summed E-state index contributed by atoms with van der Waals surface area (Å²) in [7, 11) is 3.45. The van der Waals surface area contributed by atoms with Gasteiger partial charge in [0.15, 0.2) is 0 Å². The zero-order valence-corrected chi connectivity index (χ0v) is 8.46. The molecule has 0 unspecified atom stereocenters. The van der Waals surface area contributed by atoms with Crippen molar-refractivity contribution in [2.75, 3.05) is 27.3 Å². The maximum absolute atomic E-state index is 11.3. The lowest BCUT2D eigenvalue weighted by atomic mass is 10.1. The first kappa shape index (κ1) is 11.4. The summed E-state index contributed by atoms with van der Waals surface area (Å²) < 4.78 is 4.87. The Kier molecular flexibility index (Phi) is 5.72. The van der Waals surface area contributed by atoms with Crippen LogP contribution in [-0.2, 0) is 9.53 Å². The Bertz CT molecular complexity index is 134. The van der Waals surface area contributed by atoms with Gasteiger partial charge in [0.05, 0.1) is 6.61 Å². The number of methoxy groups -OCH3 is 1. The maximum Gasteiger partial charge on any atom is 0.222 e. The third-order valence-corrected chi connectivity index (χ3v) is 1.64. The fourth-order valence-electron chi connectivity index (χ4n) is 0.858. The van der Waals surface area contributed by atoms with Gasteiger partial charge in [-0.3, -0.25) is 4.79 Å². The summed E-state index contributed by atoms with van der Waals surface area (Å²) in [4.78, 5) is 13.0. The van der Waals surface area contributed by atoms with Crippen LogP contribution in [0.3, 0.4) is 0 Å². The van der Waals surface area contributed by atoms with E-state index in [0.717, 1.165) is 0 Å². The molecule has 0 fully saturated rings. The van der Waals surface area contributed by atoms with E-state index in [-0.39, 0.29) is 5.91 Å². The molecule has 0 rings (SSSR count). The molecule has 0 spiro atoms. The van der Waals surface area contributed by atoms with Crippen molar-refractivity contribution in [3.05, 3.63) is 0 Å². The molecule has 0 aromatic carbocycles. The Morgan fingerprint density at radius 3 is 2.50 bits per heavy atom. The highest BCUT2D eigenvalue weighted by molar-refractivity contribution is 5.75. The minimum atomic E-state index is 0.196. The number of hydrogen-bond acceptors (Lipinski definition) is 2. The molecule has 72 valence electrons. The molecule has 0 saturated carbocycles. The summed E-state index contributed by atoms with van der Waals surface area (Å²) in [6, 6.07) is 0. The van der Waals surface area contributed by atoms with Gasteiger partial charge >= 0.3 is 0 Å². The number of hydrogen-bond donors (Lipinski definition) is 0. The van der Waals surface area contributed by atoms with Crippen LogP contribution in [0.4, 0.5) is 0 Å². The maximum atomic E-state index is 11.3. The monoisotopic (exact) mass is 173 g/mol. The van der Waals surface area contributed by atoms with E-state index >= 15 is 0 Å². The molecule has 0 saturated heterocycles. The van der Waals surface area contributed by atoms with Gasteiger partial charge in [0.25, 0.3) is 0 Å². The molecule has 0 aliphatic carbocycles. The third kappa shape index (κ3) is 5.13. The highest BCUT2D eigenvalue weighted by atomic mass is 16.5. The van der Waals surface area contributed by atoms with E-state index in [9.17, 15) is 4.79 Å². The van der Waals surface area contributed by atoms with E-state index in [4.69, 9.17) is 4.74 Å². The zero-order valence-electron chi connectivity index (χ0n) is 8.46. The van der Waals surface area contributed by atoms with Crippen LogP contribution in [0.25, 0.3) is 0 Å². The van der Waals surface area contributed by atoms with E-state index in [1.54, 1.807) is 12.0 Å². The van der Waals surface area contributed by atoms with Gasteiger partial charge in [-0.05, 0) is 5.92 Å². The highest BCUT2D eigenvalue weighted by Crippen LogP contribution is 2.01. The Morgan fingerprint density at radius 2 is 2.08 bits per heavy atom. The number of likely N-dealkylation sites (N-methyl/N-ethyl adjacent to an activating group) is 1. The van der Waals surface area contributed by atoms with E-state index in [1.807, 2.05) is 20.9 Å². The molecule has 0 atom stereocenters. The Hall–Kier alpha value is -0.570. The van der Waals surface area contributed by atoms with Crippen molar-refractivity contribution in [3.63, 3.8) is 0 Å². The number of ether oxygens (including phenoxy) is 1.